The summed E-state index contributed by atoms with van der Waals surface area (Å²) in [6.07, 6.45) is 1.57. The van der Waals surface area contributed by atoms with Crippen LogP contribution < -0.4 is 10.9 Å². The van der Waals surface area contributed by atoms with Gasteiger partial charge in [-0.3, -0.25) is 9.59 Å². The Morgan fingerprint density at radius 1 is 0.975 bits per heavy atom. The van der Waals surface area contributed by atoms with E-state index in [1.54, 1.807) is 42.8 Å². The second-order valence-corrected chi connectivity index (χ2v) is 10.8. The highest BCUT2D eigenvalue weighted by atomic mass is 79.9. The van der Waals surface area contributed by atoms with Gasteiger partial charge >= 0.3 is 0 Å². The molecule has 0 atom stereocenters. The first-order valence-corrected chi connectivity index (χ1v) is 13.8. The summed E-state index contributed by atoms with van der Waals surface area (Å²) in [6, 6.07) is 22.9. The Morgan fingerprint density at radius 2 is 1.75 bits per heavy atom. The summed E-state index contributed by atoms with van der Waals surface area (Å²) in [6.45, 7) is 1.61. The second-order valence-electron chi connectivity index (χ2n) is 8.96. The molecule has 0 unspecified atom stereocenters. The molecule has 0 aliphatic heterocycles. The third-order valence-corrected chi connectivity index (χ3v) is 7.76. The normalized spacial score (nSPS) is 11.1. The molecule has 3 heterocycles. The zero-order valence-corrected chi connectivity index (χ0v) is 23.3. The van der Waals surface area contributed by atoms with Crippen molar-refractivity contribution >= 4 is 49.1 Å². The van der Waals surface area contributed by atoms with Crippen LogP contribution in [0.4, 0.5) is 10.1 Å². The molecular weight excluding hydrogens is 593 g/mol. The predicted octanol–water partition coefficient (Wildman–Crippen LogP) is 7.03. The molecule has 0 aliphatic rings. The van der Waals surface area contributed by atoms with Crippen LogP contribution in [0.3, 0.4) is 0 Å². The number of aryl methyl sites for hydroxylation is 1. The lowest BCUT2D eigenvalue weighted by Gasteiger charge is -2.12. The number of benzene rings is 3. The Bertz CT molecular complexity index is 1970. The molecule has 40 heavy (non-hydrogen) atoms. The highest BCUT2D eigenvalue weighted by molar-refractivity contribution is 9.10. The van der Waals surface area contributed by atoms with Gasteiger partial charge in [0.2, 0.25) is 0 Å². The van der Waals surface area contributed by atoms with E-state index >= 15 is 0 Å². The highest BCUT2D eigenvalue weighted by Crippen LogP contribution is 2.36. The molecule has 1 amide bonds. The first-order chi connectivity index (χ1) is 19.4. The summed E-state index contributed by atoms with van der Waals surface area (Å²) >= 11 is 4.80. The SMILES string of the molecule is Cc1cc(=O)n(-c2ccc(Br)cc2F)nc1C(=O)Nc1ccc(-c2ccccc2-c2ncnc3ccsc23)cc1. The number of carbonyl (C=O) groups excluding carboxylic acids is 1. The van der Waals surface area contributed by atoms with Gasteiger partial charge in [-0.05, 0) is 65.4 Å². The predicted molar refractivity (Wildman–Crippen MR) is 158 cm³/mol. The number of rotatable bonds is 5. The maximum absolute atomic E-state index is 14.5. The van der Waals surface area contributed by atoms with Crippen molar-refractivity contribution in [2.24, 2.45) is 0 Å². The number of nitrogens with one attached hydrogen (secondary N) is 1. The zero-order chi connectivity index (χ0) is 27.8. The Balaban J connectivity index is 1.29. The molecule has 10 heteroatoms. The Kier molecular flexibility index (Phi) is 6.79. The van der Waals surface area contributed by atoms with E-state index in [4.69, 9.17) is 0 Å². The topological polar surface area (TPSA) is 89.8 Å². The lowest BCUT2D eigenvalue weighted by Crippen LogP contribution is -2.27. The standard InChI is InChI=1S/C30H19BrFN5O2S/c1-17-14-26(38)37(25-11-8-19(31)15-23(25)32)36-27(17)30(39)35-20-9-6-18(7-10-20)21-4-2-3-5-22(21)28-29-24(12-13-40-29)33-16-34-28/h2-16H,1H3,(H,35,39). The lowest BCUT2D eigenvalue weighted by atomic mass is 9.97. The van der Waals surface area contributed by atoms with Crippen molar-refractivity contribution in [1.29, 1.82) is 0 Å². The number of hydrogen-bond donors (Lipinski definition) is 1. The van der Waals surface area contributed by atoms with Crippen LogP contribution in [0, 0.1) is 12.7 Å². The number of fused-ring (bicyclic) bond motifs is 1. The third-order valence-electron chi connectivity index (χ3n) is 6.35. The summed E-state index contributed by atoms with van der Waals surface area (Å²) < 4.78 is 17.0. The molecule has 0 spiro atoms. The van der Waals surface area contributed by atoms with Crippen LogP contribution in [0.25, 0.3) is 38.3 Å². The molecule has 0 aliphatic carbocycles. The fourth-order valence-corrected chi connectivity index (χ4v) is 5.62. The van der Waals surface area contributed by atoms with Crippen LogP contribution in [0.15, 0.2) is 99.8 Å². The Hall–Kier alpha value is -4.54. The Labute approximate surface area is 240 Å². The van der Waals surface area contributed by atoms with Crippen molar-refractivity contribution in [1.82, 2.24) is 19.7 Å². The smallest absolute Gasteiger partial charge is 0.276 e. The van der Waals surface area contributed by atoms with Crippen molar-refractivity contribution in [3.63, 3.8) is 0 Å². The highest BCUT2D eigenvalue weighted by Gasteiger charge is 2.18. The number of aromatic nitrogens is 4. The van der Waals surface area contributed by atoms with E-state index in [-0.39, 0.29) is 11.4 Å². The van der Waals surface area contributed by atoms with Gasteiger partial charge < -0.3 is 5.32 Å². The van der Waals surface area contributed by atoms with Gasteiger partial charge in [0.15, 0.2) is 5.69 Å². The summed E-state index contributed by atoms with van der Waals surface area (Å²) in [5, 5.41) is 9.02. The summed E-state index contributed by atoms with van der Waals surface area (Å²) in [7, 11) is 0. The van der Waals surface area contributed by atoms with Crippen LogP contribution in [-0.4, -0.2) is 25.7 Å². The second kappa shape index (κ2) is 10.6. The average molecular weight is 612 g/mol. The molecule has 0 radical (unpaired) electrons. The minimum Gasteiger partial charge on any atom is -0.321 e. The lowest BCUT2D eigenvalue weighted by molar-refractivity contribution is 0.102. The largest absolute Gasteiger partial charge is 0.321 e. The number of anilines is 1. The van der Waals surface area contributed by atoms with Crippen molar-refractivity contribution < 1.29 is 9.18 Å². The van der Waals surface area contributed by atoms with Gasteiger partial charge in [-0.2, -0.15) is 9.78 Å². The maximum atomic E-state index is 14.5. The number of carbonyl (C=O) groups is 1. The van der Waals surface area contributed by atoms with Gasteiger partial charge in [0.25, 0.3) is 11.5 Å². The van der Waals surface area contributed by atoms with E-state index in [1.807, 2.05) is 47.8 Å². The van der Waals surface area contributed by atoms with Crippen molar-refractivity contribution in [3.8, 4) is 28.1 Å². The fourth-order valence-electron chi connectivity index (χ4n) is 4.44. The number of amides is 1. The zero-order valence-electron chi connectivity index (χ0n) is 20.9. The number of thiophene rings is 1. The molecule has 0 fully saturated rings. The number of hydrogen-bond acceptors (Lipinski definition) is 6. The molecule has 3 aromatic carbocycles. The van der Waals surface area contributed by atoms with Gasteiger partial charge in [-0.25, -0.2) is 14.4 Å². The molecule has 0 saturated carbocycles. The molecule has 6 aromatic rings. The third kappa shape index (κ3) is 4.83. The van der Waals surface area contributed by atoms with E-state index in [0.717, 1.165) is 37.3 Å². The van der Waals surface area contributed by atoms with E-state index in [0.29, 0.717) is 15.7 Å². The van der Waals surface area contributed by atoms with Crippen LogP contribution >= 0.6 is 27.3 Å². The molecule has 0 saturated heterocycles. The van der Waals surface area contributed by atoms with Crippen LogP contribution in [0.5, 0.6) is 0 Å². The van der Waals surface area contributed by atoms with E-state index in [9.17, 15) is 14.0 Å². The van der Waals surface area contributed by atoms with Gasteiger partial charge in [-0.1, -0.05) is 52.3 Å². The van der Waals surface area contributed by atoms with E-state index < -0.39 is 17.3 Å². The average Bonchev–Trinajstić information content (AvgIpc) is 3.43. The minimum absolute atomic E-state index is 0.0140. The molecule has 196 valence electrons. The first-order valence-electron chi connectivity index (χ1n) is 12.1. The minimum atomic E-state index is -0.642. The molecule has 7 nitrogen and oxygen atoms in total. The van der Waals surface area contributed by atoms with Crippen LogP contribution in [-0.2, 0) is 0 Å². The summed E-state index contributed by atoms with van der Waals surface area (Å²) in [5.41, 5.74) is 5.05. The van der Waals surface area contributed by atoms with Crippen molar-refractivity contribution in [3.05, 3.63) is 122 Å². The number of nitrogens with zero attached hydrogens (tertiary/aromatic N) is 4. The first kappa shape index (κ1) is 25.7. The van der Waals surface area contributed by atoms with Crippen molar-refractivity contribution in [2.45, 2.75) is 6.92 Å². The monoisotopic (exact) mass is 611 g/mol. The van der Waals surface area contributed by atoms with E-state index in [2.05, 4.69) is 36.3 Å². The quantitative estimate of drug-likeness (QED) is 0.226. The maximum Gasteiger partial charge on any atom is 0.276 e. The van der Waals surface area contributed by atoms with Gasteiger partial charge in [0.05, 0.1) is 15.9 Å². The fraction of sp³-hybridized carbons (Fsp3) is 0.0333. The molecule has 0 bridgehead atoms. The summed E-state index contributed by atoms with van der Waals surface area (Å²) in [4.78, 5) is 34.6. The van der Waals surface area contributed by atoms with E-state index in [1.165, 1.54) is 18.2 Å². The number of halogens is 2. The molecular formula is C30H19BrFN5O2S. The van der Waals surface area contributed by atoms with Crippen molar-refractivity contribution in [2.75, 3.05) is 5.32 Å². The van der Waals surface area contributed by atoms with Crippen LogP contribution in [0.1, 0.15) is 16.1 Å². The van der Waals surface area contributed by atoms with Gasteiger partial charge in [-0.15, -0.1) is 11.3 Å². The van der Waals surface area contributed by atoms with Gasteiger partial charge in [0, 0.05) is 21.8 Å². The molecule has 6 rings (SSSR count). The Morgan fingerprint density at radius 3 is 2.52 bits per heavy atom. The summed E-state index contributed by atoms with van der Waals surface area (Å²) in [5.74, 6) is -1.16. The molecule has 3 aromatic heterocycles. The molecule has 1 N–H and O–H groups in total. The van der Waals surface area contributed by atoms with Crippen LogP contribution in [0.2, 0.25) is 0 Å². The van der Waals surface area contributed by atoms with Gasteiger partial charge in [0.1, 0.15) is 17.8 Å².